The molecule has 3 rings (SSSR count). The fourth-order valence-electron chi connectivity index (χ4n) is 3.12. The lowest BCUT2D eigenvalue weighted by molar-refractivity contribution is -0.135. The molecule has 1 amide bonds. The number of carbonyl (C=O) groups excluding carboxylic acids is 1. The molecule has 1 atom stereocenters. The first-order chi connectivity index (χ1) is 9.17. The number of nitrogens with zero attached hydrogens (tertiary/aromatic N) is 1. The largest absolute Gasteiger partial charge is 0.399 e. The van der Waals surface area contributed by atoms with E-state index in [9.17, 15) is 9.90 Å². The summed E-state index contributed by atoms with van der Waals surface area (Å²) >= 11 is 0. The molecule has 1 heterocycles. The van der Waals surface area contributed by atoms with Crippen LogP contribution in [0.2, 0.25) is 0 Å². The van der Waals surface area contributed by atoms with Gasteiger partial charge in [-0.2, -0.15) is 0 Å². The van der Waals surface area contributed by atoms with E-state index < -0.39 is 0 Å². The summed E-state index contributed by atoms with van der Waals surface area (Å²) < 4.78 is 0. The minimum Gasteiger partial charge on any atom is -0.399 e. The van der Waals surface area contributed by atoms with Crippen molar-refractivity contribution in [2.24, 2.45) is 0 Å². The topological polar surface area (TPSA) is 66.6 Å². The number of nitrogens with two attached hydrogens (primary N) is 1. The predicted octanol–water partition coefficient (Wildman–Crippen LogP) is 1.28. The van der Waals surface area contributed by atoms with E-state index in [1.54, 1.807) is 0 Å². The Morgan fingerprint density at radius 2 is 2.05 bits per heavy atom. The first-order valence-corrected chi connectivity index (χ1v) is 6.95. The van der Waals surface area contributed by atoms with Crippen molar-refractivity contribution in [1.82, 2.24) is 4.90 Å². The number of aliphatic hydroxyl groups is 1. The highest BCUT2D eigenvalue weighted by Gasteiger charge is 2.54. The minimum absolute atomic E-state index is 0.0127. The van der Waals surface area contributed by atoms with E-state index in [1.165, 1.54) is 0 Å². The van der Waals surface area contributed by atoms with E-state index in [4.69, 9.17) is 5.73 Å². The Labute approximate surface area is 113 Å². The molecule has 1 saturated heterocycles. The van der Waals surface area contributed by atoms with Crippen LogP contribution in [0.4, 0.5) is 5.69 Å². The van der Waals surface area contributed by atoms with Crippen LogP contribution in [0.3, 0.4) is 0 Å². The summed E-state index contributed by atoms with van der Waals surface area (Å²) in [6.45, 7) is 0.852. The Morgan fingerprint density at radius 3 is 2.63 bits per heavy atom. The number of rotatable bonds is 3. The van der Waals surface area contributed by atoms with Crippen LogP contribution in [0.5, 0.6) is 0 Å². The molecule has 102 valence electrons. The number of likely N-dealkylation sites (tertiary alicyclic amines) is 1. The summed E-state index contributed by atoms with van der Waals surface area (Å²) in [7, 11) is 0. The van der Waals surface area contributed by atoms with Crippen molar-refractivity contribution in [2.45, 2.75) is 37.1 Å². The Hall–Kier alpha value is -1.55. The second kappa shape index (κ2) is 4.53. The highest BCUT2D eigenvalue weighted by molar-refractivity contribution is 5.91. The first kappa shape index (κ1) is 12.5. The number of carbonyl (C=O) groups is 1. The third kappa shape index (κ3) is 2.00. The van der Waals surface area contributed by atoms with Crippen LogP contribution < -0.4 is 5.73 Å². The van der Waals surface area contributed by atoms with E-state index >= 15 is 0 Å². The summed E-state index contributed by atoms with van der Waals surface area (Å²) in [5.41, 5.74) is 7.15. The highest BCUT2D eigenvalue weighted by atomic mass is 16.3. The van der Waals surface area contributed by atoms with Gasteiger partial charge in [-0.15, -0.1) is 0 Å². The number of amides is 1. The zero-order valence-electron chi connectivity index (χ0n) is 11.0. The number of benzene rings is 1. The molecule has 3 N–H and O–H groups in total. The standard InChI is InChI=1S/C15H20N2O2/c16-12-5-3-11(4-6-12)15(7-8-15)14(19)17-9-1-2-13(17)10-18/h3-6,13,18H,1-2,7-10,16H2. The average molecular weight is 260 g/mol. The van der Waals surface area contributed by atoms with Crippen molar-refractivity contribution < 1.29 is 9.90 Å². The van der Waals surface area contributed by atoms with Crippen molar-refractivity contribution in [3.63, 3.8) is 0 Å². The second-order valence-corrected chi connectivity index (χ2v) is 5.68. The summed E-state index contributed by atoms with van der Waals surface area (Å²) in [6, 6.07) is 7.65. The van der Waals surface area contributed by atoms with Crippen molar-refractivity contribution in [1.29, 1.82) is 0 Å². The third-order valence-corrected chi connectivity index (χ3v) is 4.47. The fourth-order valence-corrected chi connectivity index (χ4v) is 3.12. The number of aliphatic hydroxyl groups excluding tert-OH is 1. The van der Waals surface area contributed by atoms with Gasteiger partial charge >= 0.3 is 0 Å². The molecular formula is C15H20N2O2. The summed E-state index contributed by atoms with van der Waals surface area (Å²) in [6.07, 6.45) is 3.73. The van der Waals surface area contributed by atoms with Crippen LogP contribution in [0.1, 0.15) is 31.2 Å². The lowest BCUT2D eigenvalue weighted by Gasteiger charge is -2.28. The molecule has 0 bridgehead atoms. The minimum atomic E-state index is -0.342. The first-order valence-electron chi connectivity index (χ1n) is 6.95. The average Bonchev–Trinajstić information content (AvgIpc) is 3.09. The maximum absolute atomic E-state index is 12.8. The highest BCUT2D eigenvalue weighted by Crippen LogP contribution is 2.50. The Morgan fingerprint density at radius 1 is 1.37 bits per heavy atom. The molecule has 2 aliphatic rings. The maximum Gasteiger partial charge on any atom is 0.233 e. The number of anilines is 1. The smallest absolute Gasteiger partial charge is 0.233 e. The summed E-state index contributed by atoms with van der Waals surface area (Å²) in [5.74, 6) is 0.189. The molecule has 1 aromatic rings. The van der Waals surface area contributed by atoms with E-state index in [1.807, 2.05) is 29.2 Å². The molecule has 0 radical (unpaired) electrons. The van der Waals surface area contributed by atoms with Gasteiger partial charge in [0, 0.05) is 12.2 Å². The molecule has 4 heteroatoms. The lowest BCUT2D eigenvalue weighted by Crippen LogP contribution is -2.43. The molecule has 0 spiro atoms. The maximum atomic E-state index is 12.8. The van der Waals surface area contributed by atoms with Gasteiger partial charge in [0.25, 0.3) is 0 Å². The molecule has 19 heavy (non-hydrogen) atoms. The van der Waals surface area contributed by atoms with Gasteiger partial charge in [0.15, 0.2) is 0 Å². The van der Waals surface area contributed by atoms with Crippen molar-refractivity contribution >= 4 is 11.6 Å². The predicted molar refractivity (Wildman–Crippen MR) is 73.6 cm³/mol. The van der Waals surface area contributed by atoms with Gasteiger partial charge in [-0.05, 0) is 43.4 Å². The quantitative estimate of drug-likeness (QED) is 0.805. The summed E-state index contributed by atoms with van der Waals surface area (Å²) in [4.78, 5) is 14.6. The van der Waals surface area contributed by atoms with Gasteiger partial charge in [0.05, 0.1) is 18.1 Å². The molecule has 4 nitrogen and oxygen atoms in total. The number of hydrogen-bond acceptors (Lipinski definition) is 3. The zero-order chi connectivity index (χ0) is 13.5. The van der Waals surface area contributed by atoms with Crippen LogP contribution in [0, 0.1) is 0 Å². The lowest BCUT2D eigenvalue weighted by atomic mass is 9.94. The fraction of sp³-hybridized carbons (Fsp3) is 0.533. The van der Waals surface area contributed by atoms with Gasteiger partial charge in [-0.3, -0.25) is 4.79 Å². The van der Waals surface area contributed by atoms with Crippen LogP contribution in [0.25, 0.3) is 0 Å². The molecular weight excluding hydrogens is 240 g/mol. The second-order valence-electron chi connectivity index (χ2n) is 5.68. The third-order valence-electron chi connectivity index (χ3n) is 4.47. The van der Waals surface area contributed by atoms with Gasteiger partial charge in [0.2, 0.25) is 5.91 Å². The summed E-state index contributed by atoms with van der Waals surface area (Å²) in [5, 5.41) is 9.37. The molecule has 1 unspecified atom stereocenters. The molecule has 2 fully saturated rings. The Balaban J connectivity index is 1.84. The zero-order valence-corrected chi connectivity index (χ0v) is 11.0. The number of hydrogen-bond donors (Lipinski definition) is 2. The molecule has 1 saturated carbocycles. The molecule has 1 aromatic carbocycles. The van der Waals surface area contributed by atoms with Gasteiger partial charge in [-0.1, -0.05) is 12.1 Å². The van der Waals surface area contributed by atoms with Gasteiger partial charge < -0.3 is 15.7 Å². The van der Waals surface area contributed by atoms with Crippen molar-refractivity contribution in [2.75, 3.05) is 18.9 Å². The molecule has 1 aliphatic heterocycles. The number of nitrogen functional groups attached to an aromatic ring is 1. The van der Waals surface area contributed by atoms with E-state index in [0.717, 1.165) is 43.5 Å². The van der Waals surface area contributed by atoms with E-state index in [2.05, 4.69) is 0 Å². The molecule has 0 aromatic heterocycles. The van der Waals surface area contributed by atoms with Crippen LogP contribution in [-0.2, 0) is 10.2 Å². The van der Waals surface area contributed by atoms with Crippen molar-refractivity contribution in [3.8, 4) is 0 Å². The Bertz CT molecular complexity index is 479. The molecule has 1 aliphatic carbocycles. The van der Waals surface area contributed by atoms with Crippen LogP contribution in [-0.4, -0.2) is 35.1 Å². The van der Waals surface area contributed by atoms with Crippen LogP contribution >= 0.6 is 0 Å². The SMILES string of the molecule is Nc1ccc(C2(C(=O)N3CCCC3CO)CC2)cc1. The van der Waals surface area contributed by atoms with E-state index in [-0.39, 0.29) is 24.0 Å². The normalized spacial score (nSPS) is 24.5. The van der Waals surface area contributed by atoms with Gasteiger partial charge in [0.1, 0.15) is 0 Å². The Kier molecular flexibility index (Phi) is 2.97. The van der Waals surface area contributed by atoms with E-state index in [0.29, 0.717) is 0 Å². The van der Waals surface area contributed by atoms with Gasteiger partial charge in [-0.25, -0.2) is 0 Å². The van der Waals surface area contributed by atoms with Crippen molar-refractivity contribution in [3.05, 3.63) is 29.8 Å². The van der Waals surface area contributed by atoms with Crippen LogP contribution in [0.15, 0.2) is 24.3 Å². The monoisotopic (exact) mass is 260 g/mol.